The van der Waals surface area contributed by atoms with E-state index in [1.54, 1.807) is 6.07 Å². The van der Waals surface area contributed by atoms with Gasteiger partial charge in [-0.2, -0.15) is 0 Å². The van der Waals surface area contributed by atoms with Gasteiger partial charge >= 0.3 is 0 Å². The van der Waals surface area contributed by atoms with Crippen LogP contribution in [0.4, 0.5) is 20.2 Å². The third-order valence-electron chi connectivity index (χ3n) is 3.49. The number of furan rings is 1. The zero-order valence-corrected chi connectivity index (χ0v) is 13.7. The van der Waals surface area contributed by atoms with E-state index in [-0.39, 0.29) is 17.3 Å². The van der Waals surface area contributed by atoms with Crippen molar-refractivity contribution in [1.82, 2.24) is 0 Å². The van der Waals surface area contributed by atoms with E-state index in [1.807, 2.05) is 0 Å². The Morgan fingerprint density at radius 2 is 1.65 bits per heavy atom. The predicted octanol–water partition coefficient (Wildman–Crippen LogP) is 4.44. The molecule has 26 heavy (non-hydrogen) atoms. The van der Waals surface area contributed by atoms with Gasteiger partial charge in [0, 0.05) is 18.2 Å². The molecule has 0 unspecified atom stereocenters. The zero-order chi connectivity index (χ0) is 18.7. The Balaban J connectivity index is 1.76. The summed E-state index contributed by atoms with van der Waals surface area (Å²) < 4.78 is 32.1. The molecule has 0 saturated heterocycles. The van der Waals surface area contributed by atoms with Crippen molar-refractivity contribution < 1.29 is 22.8 Å². The Morgan fingerprint density at radius 1 is 0.923 bits per heavy atom. The molecule has 2 N–H and O–H groups in total. The quantitative estimate of drug-likeness (QED) is 0.726. The first kappa shape index (κ1) is 17.3. The van der Waals surface area contributed by atoms with E-state index in [0.717, 1.165) is 6.07 Å². The Hall–Kier alpha value is -3.48. The smallest absolute Gasteiger partial charge is 0.291 e. The average Bonchev–Trinajstić information content (AvgIpc) is 3.08. The number of rotatable bonds is 4. The van der Waals surface area contributed by atoms with Crippen molar-refractivity contribution in [2.45, 2.75) is 6.92 Å². The number of hydrogen-bond donors (Lipinski definition) is 2. The first-order chi connectivity index (χ1) is 12.4. The van der Waals surface area contributed by atoms with Gasteiger partial charge in [0.2, 0.25) is 5.91 Å². The summed E-state index contributed by atoms with van der Waals surface area (Å²) in [6, 6.07) is 12.5. The van der Waals surface area contributed by atoms with E-state index in [1.165, 1.54) is 49.4 Å². The fraction of sp³-hybridized carbons (Fsp3) is 0.0526. The van der Waals surface area contributed by atoms with Crippen LogP contribution in [0.25, 0.3) is 11.3 Å². The monoisotopic (exact) mass is 356 g/mol. The molecular formula is C19H14F2N2O3. The van der Waals surface area contributed by atoms with Gasteiger partial charge in [-0.05, 0) is 54.6 Å². The molecule has 2 amide bonds. The first-order valence-corrected chi connectivity index (χ1v) is 7.66. The fourth-order valence-corrected chi connectivity index (χ4v) is 2.31. The minimum absolute atomic E-state index is 0.0368. The van der Waals surface area contributed by atoms with Crippen LogP contribution in [0.1, 0.15) is 17.5 Å². The fourth-order valence-electron chi connectivity index (χ4n) is 2.31. The van der Waals surface area contributed by atoms with E-state index in [4.69, 9.17) is 4.42 Å². The van der Waals surface area contributed by atoms with Gasteiger partial charge < -0.3 is 15.1 Å². The molecule has 0 aliphatic carbocycles. The van der Waals surface area contributed by atoms with Crippen LogP contribution in [0.2, 0.25) is 0 Å². The van der Waals surface area contributed by atoms with Gasteiger partial charge in [0.25, 0.3) is 5.91 Å². The highest BCUT2D eigenvalue weighted by Gasteiger charge is 2.14. The summed E-state index contributed by atoms with van der Waals surface area (Å²) in [6.45, 7) is 1.25. The Morgan fingerprint density at radius 3 is 2.35 bits per heavy atom. The molecule has 1 heterocycles. The standard InChI is InChI=1S/C19H14F2N2O3/c1-11(24)22-16-10-14(6-7-15(16)21)23-19(25)18-9-8-17(26-18)12-2-4-13(20)5-3-12/h2-10H,1H3,(H,22,24)(H,23,25). The van der Waals surface area contributed by atoms with Crippen molar-refractivity contribution in [3.63, 3.8) is 0 Å². The van der Waals surface area contributed by atoms with E-state index >= 15 is 0 Å². The SMILES string of the molecule is CC(=O)Nc1cc(NC(=O)c2ccc(-c3ccc(F)cc3)o2)ccc1F. The van der Waals surface area contributed by atoms with Crippen LogP contribution < -0.4 is 10.6 Å². The lowest BCUT2D eigenvalue weighted by Crippen LogP contribution is -2.12. The number of halogens is 2. The van der Waals surface area contributed by atoms with Gasteiger partial charge in [-0.25, -0.2) is 8.78 Å². The van der Waals surface area contributed by atoms with Gasteiger partial charge in [0.05, 0.1) is 5.69 Å². The molecule has 0 bridgehead atoms. The van der Waals surface area contributed by atoms with E-state index < -0.39 is 17.6 Å². The van der Waals surface area contributed by atoms with Crippen molar-refractivity contribution >= 4 is 23.2 Å². The highest BCUT2D eigenvalue weighted by molar-refractivity contribution is 6.03. The van der Waals surface area contributed by atoms with Crippen LogP contribution in [-0.4, -0.2) is 11.8 Å². The van der Waals surface area contributed by atoms with Crippen LogP contribution in [0, 0.1) is 11.6 Å². The second-order valence-corrected chi connectivity index (χ2v) is 5.50. The molecule has 3 rings (SSSR count). The van der Waals surface area contributed by atoms with Crippen molar-refractivity contribution in [1.29, 1.82) is 0 Å². The second kappa shape index (κ2) is 7.18. The zero-order valence-electron chi connectivity index (χ0n) is 13.7. The number of carbonyl (C=O) groups excluding carboxylic acids is 2. The molecule has 5 nitrogen and oxygen atoms in total. The summed E-state index contributed by atoms with van der Waals surface area (Å²) in [5, 5.41) is 4.90. The van der Waals surface area contributed by atoms with Crippen LogP contribution in [0.3, 0.4) is 0 Å². The summed E-state index contributed by atoms with van der Waals surface area (Å²) in [5.41, 5.74) is 0.877. The van der Waals surface area contributed by atoms with Crippen LogP contribution in [0.5, 0.6) is 0 Å². The molecule has 3 aromatic rings. The third-order valence-corrected chi connectivity index (χ3v) is 3.49. The normalized spacial score (nSPS) is 10.4. The molecule has 0 atom stereocenters. The van der Waals surface area contributed by atoms with E-state index in [9.17, 15) is 18.4 Å². The summed E-state index contributed by atoms with van der Waals surface area (Å²) in [7, 11) is 0. The van der Waals surface area contributed by atoms with Crippen molar-refractivity contribution in [2.75, 3.05) is 10.6 Å². The molecule has 0 aliphatic rings. The lowest BCUT2D eigenvalue weighted by molar-refractivity contribution is -0.114. The molecule has 0 fully saturated rings. The average molecular weight is 356 g/mol. The largest absolute Gasteiger partial charge is 0.451 e. The molecular weight excluding hydrogens is 342 g/mol. The Labute approximate surface area is 147 Å². The minimum Gasteiger partial charge on any atom is -0.451 e. The summed E-state index contributed by atoms with van der Waals surface area (Å²) in [5.74, 6) is -1.51. The molecule has 7 heteroatoms. The second-order valence-electron chi connectivity index (χ2n) is 5.50. The Kier molecular flexibility index (Phi) is 4.79. The van der Waals surface area contributed by atoms with Gasteiger partial charge in [0.15, 0.2) is 5.76 Å². The predicted molar refractivity (Wildman–Crippen MR) is 92.8 cm³/mol. The number of nitrogens with one attached hydrogen (secondary N) is 2. The maximum absolute atomic E-state index is 13.6. The molecule has 0 saturated carbocycles. The third kappa shape index (κ3) is 3.94. The van der Waals surface area contributed by atoms with Gasteiger partial charge in [-0.3, -0.25) is 9.59 Å². The van der Waals surface area contributed by atoms with Crippen LogP contribution >= 0.6 is 0 Å². The van der Waals surface area contributed by atoms with Crippen molar-refractivity contribution in [3.8, 4) is 11.3 Å². The van der Waals surface area contributed by atoms with Crippen LogP contribution in [0.15, 0.2) is 59.0 Å². The number of anilines is 2. The molecule has 0 aliphatic heterocycles. The van der Waals surface area contributed by atoms with Crippen LogP contribution in [-0.2, 0) is 4.79 Å². The Bertz CT molecular complexity index is 965. The summed E-state index contributed by atoms with van der Waals surface area (Å²) in [4.78, 5) is 23.4. The van der Waals surface area contributed by atoms with Gasteiger partial charge in [0.1, 0.15) is 17.4 Å². The maximum atomic E-state index is 13.6. The number of carbonyl (C=O) groups is 2. The maximum Gasteiger partial charge on any atom is 0.291 e. The summed E-state index contributed by atoms with van der Waals surface area (Å²) >= 11 is 0. The topological polar surface area (TPSA) is 71.3 Å². The van der Waals surface area contributed by atoms with E-state index in [2.05, 4.69) is 10.6 Å². The van der Waals surface area contributed by atoms with Gasteiger partial charge in [-0.1, -0.05) is 0 Å². The molecule has 1 aromatic heterocycles. The highest BCUT2D eigenvalue weighted by atomic mass is 19.1. The minimum atomic E-state index is -0.616. The number of hydrogen-bond acceptors (Lipinski definition) is 3. The molecule has 132 valence electrons. The molecule has 2 aromatic carbocycles. The molecule has 0 spiro atoms. The first-order valence-electron chi connectivity index (χ1n) is 7.66. The van der Waals surface area contributed by atoms with Gasteiger partial charge in [-0.15, -0.1) is 0 Å². The summed E-state index contributed by atoms with van der Waals surface area (Å²) in [6.07, 6.45) is 0. The number of amides is 2. The molecule has 0 radical (unpaired) electrons. The van der Waals surface area contributed by atoms with Crippen molar-refractivity contribution in [2.24, 2.45) is 0 Å². The highest BCUT2D eigenvalue weighted by Crippen LogP contribution is 2.24. The van der Waals surface area contributed by atoms with Crippen molar-refractivity contribution in [3.05, 3.63) is 72.0 Å². The van der Waals surface area contributed by atoms with E-state index in [0.29, 0.717) is 17.0 Å². The lowest BCUT2D eigenvalue weighted by Gasteiger charge is -2.08. The number of benzene rings is 2. The lowest BCUT2D eigenvalue weighted by atomic mass is 10.2.